The SMILES string of the molecule is O=C(O)c1ccc([N+](=O)[O-])cc1NC1CCCOC1. The largest absolute Gasteiger partial charge is 0.478 e. The molecule has 1 heterocycles. The lowest BCUT2D eigenvalue weighted by atomic mass is 10.1. The molecule has 1 aliphatic rings. The highest BCUT2D eigenvalue weighted by molar-refractivity contribution is 5.94. The van der Waals surface area contributed by atoms with Gasteiger partial charge in [0, 0.05) is 24.8 Å². The van der Waals surface area contributed by atoms with Crippen LogP contribution in [0.5, 0.6) is 0 Å². The van der Waals surface area contributed by atoms with E-state index in [-0.39, 0.29) is 23.0 Å². The summed E-state index contributed by atoms with van der Waals surface area (Å²) in [6.45, 7) is 1.17. The fraction of sp³-hybridized carbons (Fsp3) is 0.417. The van der Waals surface area contributed by atoms with Crippen LogP contribution in [0.2, 0.25) is 0 Å². The average molecular weight is 266 g/mol. The van der Waals surface area contributed by atoms with Crippen LogP contribution in [0.4, 0.5) is 11.4 Å². The summed E-state index contributed by atoms with van der Waals surface area (Å²) in [6, 6.07) is 3.66. The number of rotatable bonds is 4. The second kappa shape index (κ2) is 5.66. The third-order valence-electron chi connectivity index (χ3n) is 2.96. The number of nitro benzene ring substituents is 1. The summed E-state index contributed by atoms with van der Waals surface area (Å²) in [5.74, 6) is -1.12. The molecule has 0 radical (unpaired) electrons. The summed E-state index contributed by atoms with van der Waals surface area (Å²) in [6.07, 6.45) is 1.73. The Labute approximate surface area is 109 Å². The van der Waals surface area contributed by atoms with E-state index in [0.29, 0.717) is 13.2 Å². The maximum Gasteiger partial charge on any atom is 0.337 e. The summed E-state index contributed by atoms with van der Waals surface area (Å²) in [5, 5.41) is 22.8. The molecule has 7 heteroatoms. The molecule has 1 aromatic rings. The molecular formula is C12H14N2O5. The highest BCUT2D eigenvalue weighted by Gasteiger charge is 2.19. The second-order valence-electron chi connectivity index (χ2n) is 4.35. The van der Waals surface area contributed by atoms with Crippen molar-refractivity contribution in [3.63, 3.8) is 0 Å². The Kier molecular flexibility index (Phi) is 3.96. The fourth-order valence-electron chi connectivity index (χ4n) is 2.03. The second-order valence-corrected chi connectivity index (χ2v) is 4.35. The molecular weight excluding hydrogens is 252 g/mol. The van der Waals surface area contributed by atoms with Gasteiger partial charge < -0.3 is 15.2 Å². The van der Waals surface area contributed by atoms with Gasteiger partial charge in [0.1, 0.15) is 0 Å². The zero-order chi connectivity index (χ0) is 13.8. The number of benzene rings is 1. The zero-order valence-electron chi connectivity index (χ0n) is 10.2. The van der Waals surface area contributed by atoms with E-state index in [0.717, 1.165) is 12.8 Å². The van der Waals surface area contributed by atoms with Crippen LogP contribution in [0.25, 0.3) is 0 Å². The average Bonchev–Trinajstić information content (AvgIpc) is 2.39. The van der Waals surface area contributed by atoms with Crippen LogP contribution in [-0.4, -0.2) is 35.3 Å². The minimum absolute atomic E-state index is 0.0196. The molecule has 19 heavy (non-hydrogen) atoms. The lowest BCUT2D eigenvalue weighted by Crippen LogP contribution is -2.30. The van der Waals surface area contributed by atoms with Crippen molar-refractivity contribution in [2.24, 2.45) is 0 Å². The van der Waals surface area contributed by atoms with E-state index in [1.807, 2.05) is 0 Å². The molecule has 1 atom stereocenters. The predicted molar refractivity (Wildman–Crippen MR) is 67.5 cm³/mol. The van der Waals surface area contributed by atoms with Crippen molar-refractivity contribution in [3.8, 4) is 0 Å². The number of nitrogens with zero attached hydrogens (tertiary/aromatic N) is 1. The number of nitrogens with one attached hydrogen (secondary N) is 1. The number of carboxylic acid groups (broad SMARTS) is 1. The first-order valence-corrected chi connectivity index (χ1v) is 5.94. The smallest absolute Gasteiger partial charge is 0.337 e. The molecule has 1 aliphatic heterocycles. The minimum atomic E-state index is -1.12. The van der Waals surface area contributed by atoms with E-state index in [2.05, 4.69) is 5.32 Å². The number of aromatic carboxylic acids is 1. The van der Waals surface area contributed by atoms with Crippen molar-refractivity contribution in [3.05, 3.63) is 33.9 Å². The number of anilines is 1. The summed E-state index contributed by atoms with van der Waals surface area (Å²) in [4.78, 5) is 21.3. The highest BCUT2D eigenvalue weighted by Crippen LogP contribution is 2.24. The molecule has 1 aromatic carbocycles. The lowest BCUT2D eigenvalue weighted by molar-refractivity contribution is -0.384. The predicted octanol–water partition coefficient (Wildman–Crippen LogP) is 1.88. The molecule has 0 bridgehead atoms. The van der Waals surface area contributed by atoms with E-state index in [4.69, 9.17) is 9.84 Å². The third kappa shape index (κ3) is 3.19. The van der Waals surface area contributed by atoms with Crippen molar-refractivity contribution in [2.45, 2.75) is 18.9 Å². The van der Waals surface area contributed by atoms with Gasteiger partial charge in [-0.15, -0.1) is 0 Å². The first-order valence-electron chi connectivity index (χ1n) is 5.94. The Hall–Kier alpha value is -2.15. The number of nitro groups is 1. The van der Waals surface area contributed by atoms with Crippen LogP contribution in [0.15, 0.2) is 18.2 Å². The van der Waals surface area contributed by atoms with Crippen LogP contribution in [0.3, 0.4) is 0 Å². The van der Waals surface area contributed by atoms with E-state index >= 15 is 0 Å². The Morgan fingerprint density at radius 3 is 2.89 bits per heavy atom. The molecule has 2 rings (SSSR count). The first-order chi connectivity index (χ1) is 9.08. The number of non-ortho nitro benzene ring substituents is 1. The number of carbonyl (C=O) groups is 1. The van der Waals surface area contributed by atoms with Gasteiger partial charge >= 0.3 is 5.97 Å². The number of hydrogen-bond acceptors (Lipinski definition) is 5. The van der Waals surface area contributed by atoms with Crippen LogP contribution in [-0.2, 0) is 4.74 Å². The van der Waals surface area contributed by atoms with Crippen LogP contribution < -0.4 is 5.32 Å². The molecule has 0 saturated carbocycles. The van der Waals surface area contributed by atoms with Crippen LogP contribution >= 0.6 is 0 Å². The number of hydrogen-bond donors (Lipinski definition) is 2. The van der Waals surface area contributed by atoms with Gasteiger partial charge in [-0.1, -0.05) is 0 Å². The fourth-order valence-corrected chi connectivity index (χ4v) is 2.03. The summed E-state index contributed by atoms with van der Waals surface area (Å²) in [5.41, 5.74) is 0.151. The first kappa shape index (κ1) is 13.3. The maximum atomic E-state index is 11.1. The summed E-state index contributed by atoms with van der Waals surface area (Å²) < 4.78 is 5.29. The molecule has 0 amide bonds. The van der Waals surface area contributed by atoms with Crippen LogP contribution in [0, 0.1) is 10.1 Å². The molecule has 7 nitrogen and oxygen atoms in total. The van der Waals surface area contributed by atoms with E-state index < -0.39 is 10.9 Å². The van der Waals surface area contributed by atoms with E-state index in [1.165, 1.54) is 18.2 Å². The zero-order valence-corrected chi connectivity index (χ0v) is 10.2. The molecule has 1 unspecified atom stereocenters. The molecule has 0 spiro atoms. The number of carboxylic acids is 1. The van der Waals surface area contributed by atoms with Gasteiger partial charge in [0.2, 0.25) is 0 Å². The monoisotopic (exact) mass is 266 g/mol. The third-order valence-corrected chi connectivity index (χ3v) is 2.96. The highest BCUT2D eigenvalue weighted by atomic mass is 16.6. The van der Waals surface area contributed by atoms with Crippen molar-refractivity contribution in [2.75, 3.05) is 18.5 Å². The van der Waals surface area contributed by atoms with Crippen molar-refractivity contribution in [1.82, 2.24) is 0 Å². The van der Waals surface area contributed by atoms with Crippen molar-refractivity contribution < 1.29 is 19.6 Å². The van der Waals surface area contributed by atoms with E-state index in [1.54, 1.807) is 0 Å². The molecule has 102 valence electrons. The Morgan fingerprint density at radius 1 is 1.53 bits per heavy atom. The van der Waals surface area contributed by atoms with Gasteiger partial charge in [-0.25, -0.2) is 4.79 Å². The molecule has 2 N–H and O–H groups in total. The van der Waals surface area contributed by atoms with Crippen molar-refractivity contribution >= 4 is 17.3 Å². The molecule has 0 aliphatic carbocycles. The van der Waals surface area contributed by atoms with E-state index in [9.17, 15) is 14.9 Å². The van der Waals surface area contributed by atoms with Crippen molar-refractivity contribution in [1.29, 1.82) is 0 Å². The normalized spacial score (nSPS) is 18.8. The summed E-state index contributed by atoms with van der Waals surface area (Å²) in [7, 11) is 0. The Balaban J connectivity index is 2.26. The molecule has 1 saturated heterocycles. The van der Waals surface area contributed by atoms with Gasteiger partial charge in [0.25, 0.3) is 5.69 Å². The number of ether oxygens (including phenoxy) is 1. The molecule has 1 fully saturated rings. The minimum Gasteiger partial charge on any atom is -0.478 e. The van der Waals surface area contributed by atoms with Gasteiger partial charge in [-0.2, -0.15) is 0 Å². The molecule has 0 aromatic heterocycles. The quantitative estimate of drug-likeness (QED) is 0.637. The topological polar surface area (TPSA) is 102 Å². The van der Waals surface area contributed by atoms with Crippen LogP contribution in [0.1, 0.15) is 23.2 Å². The Morgan fingerprint density at radius 2 is 2.32 bits per heavy atom. The van der Waals surface area contributed by atoms with Gasteiger partial charge in [0.05, 0.1) is 22.8 Å². The Bertz CT molecular complexity index is 497. The lowest BCUT2D eigenvalue weighted by Gasteiger charge is -2.24. The maximum absolute atomic E-state index is 11.1. The summed E-state index contributed by atoms with van der Waals surface area (Å²) >= 11 is 0. The van der Waals surface area contributed by atoms with Gasteiger partial charge in [0.15, 0.2) is 0 Å². The standard InChI is InChI=1S/C12H14N2O5/c15-12(16)10-4-3-9(14(17)18)6-11(10)13-8-2-1-5-19-7-8/h3-4,6,8,13H,1-2,5,7H2,(H,15,16). The van der Waals surface area contributed by atoms with Gasteiger partial charge in [-0.05, 0) is 18.9 Å². The van der Waals surface area contributed by atoms with Gasteiger partial charge in [-0.3, -0.25) is 10.1 Å².